The van der Waals surface area contributed by atoms with Gasteiger partial charge in [0.15, 0.2) is 5.13 Å². The molecule has 2 aromatic rings. The minimum absolute atomic E-state index is 0.0292. The molecule has 0 bridgehead atoms. The van der Waals surface area contributed by atoms with Crippen molar-refractivity contribution in [2.45, 2.75) is 45.7 Å². The molecule has 146 valence electrons. The van der Waals surface area contributed by atoms with Gasteiger partial charge < -0.3 is 14.6 Å². The van der Waals surface area contributed by atoms with Crippen LogP contribution in [-0.2, 0) is 9.53 Å². The summed E-state index contributed by atoms with van der Waals surface area (Å²) in [5.41, 5.74) is 1.54. The Morgan fingerprint density at radius 1 is 1.33 bits per heavy atom. The number of esters is 1. The Morgan fingerprint density at radius 3 is 2.63 bits per heavy atom. The summed E-state index contributed by atoms with van der Waals surface area (Å²) < 4.78 is 6.85. The Kier molecular flexibility index (Phi) is 5.96. The van der Waals surface area contributed by atoms with Crippen molar-refractivity contribution >= 4 is 28.3 Å². The number of likely N-dealkylation sites (tertiary alicyclic amines) is 1. The SMILES string of the molecule is COC(=O)c1cccn1C1CCN(C(C)C(=O)Nc2nc(C)c(C)s2)CC1. The molecule has 1 atom stereocenters. The number of carbonyl (C=O) groups excluding carboxylic acids is 2. The minimum Gasteiger partial charge on any atom is -0.464 e. The fraction of sp³-hybridized carbons (Fsp3) is 0.526. The molecule has 1 amide bonds. The third-order valence-electron chi connectivity index (χ3n) is 5.25. The lowest BCUT2D eigenvalue weighted by Crippen LogP contribution is -2.46. The van der Waals surface area contributed by atoms with Crippen molar-refractivity contribution in [1.82, 2.24) is 14.5 Å². The van der Waals surface area contributed by atoms with Crippen LogP contribution in [0.15, 0.2) is 18.3 Å². The molecule has 0 radical (unpaired) electrons. The first kappa shape index (κ1) is 19.6. The Morgan fingerprint density at radius 2 is 2.04 bits per heavy atom. The molecule has 3 heterocycles. The maximum Gasteiger partial charge on any atom is 0.354 e. The second kappa shape index (κ2) is 8.22. The van der Waals surface area contributed by atoms with Crippen LogP contribution in [0.2, 0.25) is 0 Å². The Balaban J connectivity index is 1.57. The van der Waals surface area contributed by atoms with E-state index < -0.39 is 0 Å². The van der Waals surface area contributed by atoms with Gasteiger partial charge >= 0.3 is 5.97 Å². The maximum absolute atomic E-state index is 12.6. The van der Waals surface area contributed by atoms with Crippen LogP contribution in [0.4, 0.5) is 5.13 Å². The number of ether oxygens (including phenoxy) is 1. The molecular formula is C19H26N4O3S. The standard InChI is InChI=1S/C19H26N4O3S/c1-12-14(3)27-19(20-12)21-17(24)13(2)22-10-7-15(8-11-22)23-9-5-6-16(23)18(25)26-4/h5-6,9,13,15H,7-8,10-11H2,1-4H3,(H,20,21,24). The molecule has 0 aliphatic carbocycles. The smallest absolute Gasteiger partial charge is 0.354 e. The number of nitrogens with zero attached hydrogens (tertiary/aromatic N) is 3. The van der Waals surface area contributed by atoms with Gasteiger partial charge in [-0.15, -0.1) is 11.3 Å². The van der Waals surface area contributed by atoms with Gasteiger partial charge in [0.1, 0.15) is 5.69 Å². The summed E-state index contributed by atoms with van der Waals surface area (Å²) in [7, 11) is 1.40. The molecule has 0 saturated carbocycles. The Bertz CT molecular complexity index is 801. The van der Waals surface area contributed by atoms with Crippen molar-refractivity contribution in [3.8, 4) is 0 Å². The van der Waals surface area contributed by atoms with E-state index in [4.69, 9.17) is 4.74 Å². The summed E-state index contributed by atoms with van der Waals surface area (Å²) in [6.45, 7) is 7.47. The largest absolute Gasteiger partial charge is 0.464 e. The van der Waals surface area contributed by atoms with Crippen molar-refractivity contribution < 1.29 is 14.3 Å². The van der Waals surface area contributed by atoms with Gasteiger partial charge in [0.25, 0.3) is 0 Å². The molecule has 27 heavy (non-hydrogen) atoms. The monoisotopic (exact) mass is 390 g/mol. The molecule has 7 nitrogen and oxygen atoms in total. The van der Waals surface area contributed by atoms with E-state index in [-0.39, 0.29) is 24.0 Å². The number of aromatic nitrogens is 2. The number of amides is 1. The first-order valence-electron chi connectivity index (χ1n) is 9.14. The van der Waals surface area contributed by atoms with Gasteiger partial charge in [0.2, 0.25) is 5.91 Å². The normalized spacial score (nSPS) is 16.9. The first-order chi connectivity index (χ1) is 12.9. The fourth-order valence-corrected chi connectivity index (χ4v) is 4.26. The van der Waals surface area contributed by atoms with Crippen molar-refractivity contribution in [3.63, 3.8) is 0 Å². The van der Waals surface area contributed by atoms with Crippen molar-refractivity contribution in [2.24, 2.45) is 0 Å². The molecule has 1 saturated heterocycles. The number of piperidine rings is 1. The summed E-state index contributed by atoms with van der Waals surface area (Å²) in [5.74, 6) is -0.345. The first-order valence-corrected chi connectivity index (χ1v) is 9.96. The van der Waals surface area contributed by atoms with Crippen molar-refractivity contribution in [3.05, 3.63) is 34.6 Å². The average molecular weight is 391 g/mol. The minimum atomic E-state index is -0.316. The molecular weight excluding hydrogens is 364 g/mol. The van der Waals surface area contributed by atoms with Crippen LogP contribution in [0.3, 0.4) is 0 Å². The molecule has 0 spiro atoms. The number of carbonyl (C=O) groups is 2. The van der Waals surface area contributed by atoms with Gasteiger partial charge in [-0.2, -0.15) is 0 Å². The van der Waals surface area contributed by atoms with E-state index in [0.717, 1.165) is 36.5 Å². The zero-order valence-electron chi connectivity index (χ0n) is 16.2. The van der Waals surface area contributed by atoms with Crippen LogP contribution in [0.1, 0.15) is 46.9 Å². The van der Waals surface area contributed by atoms with Gasteiger partial charge in [-0.05, 0) is 45.7 Å². The van der Waals surface area contributed by atoms with E-state index in [1.807, 2.05) is 37.6 Å². The highest BCUT2D eigenvalue weighted by molar-refractivity contribution is 7.15. The number of thiazole rings is 1. The van der Waals surface area contributed by atoms with Crippen LogP contribution in [-0.4, -0.2) is 52.6 Å². The zero-order chi connectivity index (χ0) is 19.6. The topological polar surface area (TPSA) is 76.5 Å². The number of nitrogens with one attached hydrogen (secondary N) is 1. The molecule has 8 heteroatoms. The van der Waals surface area contributed by atoms with E-state index >= 15 is 0 Å². The molecule has 0 aromatic carbocycles. The number of anilines is 1. The summed E-state index contributed by atoms with van der Waals surface area (Å²) in [6, 6.07) is 3.67. The molecule has 2 aromatic heterocycles. The average Bonchev–Trinajstić information content (AvgIpc) is 3.27. The summed E-state index contributed by atoms with van der Waals surface area (Å²) in [6.07, 6.45) is 3.69. The predicted molar refractivity (Wildman–Crippen MR) is 105 cm³/mol. The van der Waals surface area contributed by atoms with E-state index in [0.29, 0.717) is 10.8 Å². The van der Waals surface area contributed by atoms with Crippen LogP contribution >= 0.6 is 11.3 Å². The molecule has 3 rings (SSSR count). The number of rotatable bonds is 5. The Hall–Kier alpha value is -2.19. The lowest BCUT2D eigenvalue weighted by molar-refractivity contribution is -0.121. The van der Waals surface area contributed by atoms with E-state index in [1.165, 1.54) is 18.4 Å². The van der Waals surface area contributed by atoms with Crippen molar-refractivity contribution in [2.75, 3.05) is 25.5 Å². The number of hydrogen-bond acceptors (Lipinski definition) is 6. The van der Waals surface area contributed by atoms with Crippen molar-refractivity contribution in [1.29, 1.82) is 0 Å². The number of methoxy groups -OCH3 is 1. The second-order valence-electron chi connectivity index (χ2n) is 6.89. The Labute approximate surface area is 163 Å². The zero-order valence-corrected chi connectivity index (χ0v) is 17.0. The van der Waals surface area contributed by atoms with Crippen LogP contribution in [0.5, 0.6) is 0 Å². The summed E-state index contributed by atoms with van der Waals surface area (Å²) in [4.78, 5) is 32.1. The lowest BCUT2D eigenvalue weighted by atomic mass is 10.0. The van der Waals surface area contributed by atoms with Crippen LogP contribution in [0, 0.1) is 13.8 Å². The van der Waals surface area contributed by atoms with Crippen LogP contribution in [0.25, 0.3) is 0 Å². The second-order valence-corrected chi connectivity index (χ2v) is 8.09. The third-order valence-corrected chi connectivity index (χ3v) is 6.24. The molecule has 1 fully saturated rings. The molecule has 1 N–H and O–H groups in total. The van der Waals surface area contributed by atoms with Gasteiger partial charge in [-0.25, -0.2) is 9.78 Å². The van der Waals surface area contributed by atoms with E-state index in [9.17, 15) is 9.59 Å². The third kappa shape index (κ3) is 4.22. The summed E-state index contributed by atoms with van der Waals surface area (Å²) in [5, 5.41) is 3.59. The van der Waals surface area contributed by atoms with Gasteiger partial charge in [-0.1, -0.05) is 0 Å². The van der Waals surface area contributed by atoms with Gasteiger partial charge in [-0.3, -0.25) is 9.69 Å². The highest BCUT2D eigenvalue weighted by atomic mass is 32.1. The molecule has 1 unspecified atom stereocenters. The summed E-state index contributed by atoms with van der Waals surface area (Å²) >= 11 is 1.50. The maximum atomic E-state index is 12.6. The highest BCUT2D eigenvalue weighted by Crippen LogP contribution is 2.27. The van der Waals surface area contributed by atoms with Gasteiger partial charge in [0, 0.05) is 30.2 Å². The molecule has 1 aliphatic rings. The number of aryl methyl sites for hydroxylation is 2. The van der Waals surface area contributed by atoms with Crippen LogP contribution < -0.4 is 5.32 Å². The fourth-order valence-electron chi connectivity index (χ4n) is 3.44. The molecule has 1 aliphatic heterocycles. The quantitative estimate of drug-likeness (QED) is 0.794. The highest BCUT2D eigenvalue weighted by Gasteiger charge is 2.29. The predicted octanol–water partition coefficient (Wildman–Crippen LogP) is 3.01. The van der Waals surface area contributed by atoms with E-state index in [2.05, 4.69) is 15.2 Å². The van der Waals surface area contributed by atoms with E-state index in [1.54, 1.807) is 6.07 Å². The van der Waals surface area contributed by atoms with Gasteiger partial charge in [0.05, 0.1) is 18.8 Å². The lowest BCUT2D eigenvalue weighted by Gasteiger charge is -2.36. The number of hydrogen-bond donors (Lipinski definition) is 1.